The average molecular weight is 479 g/mol. The van der Waals surface area contributed by atoms with Crippen LogP contribution in [0.3, 0.4) is 0 Å². The van der Waals surface area contributed by atoms with Gasteiger partial charge in [-0.1, -0.05) is 34.1 Å². The second-order valence-electron chi connectivity index (χ2n) is 7.91. The molecule has 0 amide bonds. The molecule has 3 N–H and O–H groups in total. The van der Waals surface area contributed by atoms with Crippen LogP contribution in [0.15, 0.2) is 34.8 Å². The summed E-state index contributed by atoms with van der Waals surface area (Å²) in [5, 5.41) is 31.2. The first-order chi connectivity index (χ1) is 14.4. The van der Waals surface area contributed by atoms with Crippen molar-refractivity contribution in [2.45, 2.75) is 56.4 Å². The van der Waals surface area contributed by atoms with Gasteiger partial charge in [0.05, 0.1) is 7.11 Å². The van der Waals surface area contributed by atoms with Crippen LogP contribution >= 0.6 is 15.9 Å². The summed E-state index contributed by atoms with van der Waals surface area (Å²) in [5.74, 6) is 0.810. The molecular weight excluding hydrogens is 452 g/mol. The van der Waals surface area contributed by atoms with E-state index in [2.05, 4.69) is 15.9 Å². The molecule has 6 nitrogen and oxygen atoms in total. The molecule has 2 aromatic rings. The predicted octanol–water partition coefficient (Wildman–Crippen LogP) is 2.66. The third kappa shape index (κ3) is 3.90. The molecule has 0 unspecified atom stereocenters. The third-order valence-corrected chi connectivity index (χ3v) is 7.09. The Labute approximate surface area is 184 Å². The molecular formula is C23H27BrO6. The first-order valence-corrected chi connectivity index (χ1v) is 10.9. The third-order valence-electron chi connectivity index (χ3n) is 6.10. The van der Waals surface area contributed by atoms with Crippen molar-refractivity contribution >= 4 is 15.9 Å². The molecule has 1 heterocycles. The van der Waals surface area contributed by atoms with Gasteiger partial charge in [0.25, 0.3) is 0 Å². The molecule has 7 heteroatoms. The van der Waals surface area contributed by atoms with Crippen molar-refractivity contribution in [3.8, 4) is 5.75 Å². The Bertz CT molecular complexity index is 898. The summed E-state index contributed by atoms with van der Waals surface area (Å²) in [4.78, 5) is 0. The van der Waals surface area contributed by atoms with E-state index in [0.29, 0.717) is 6.42 Å². The number of aliphatic hydroxyl groups is 3. The van der Waals surface area contributed by atoms with Crippen LogP contribution in [0.4, 0.5) is 0 Å². The lowest BCUT2D eigenvalue weighted by atomic mass is 9.87. The molecule has 1 saturated heterocycles. The van der Waals surface area contributed by atoms with Crippen LogP contribution in [0.2, 0.25) is 0 Å². The molecule has 0 aromatic heterocycles. The molecule has 1 aliphatic heterocycles. The van der Waals surface area contributed by atoms with E-state index in [-0.39, 0.29) is 0 Å². The Morgan fingerprint density at radius 3 is 2.37 bits per heavy atom. The Morgan fingerprint density at radius 1 is 1.00 bits per heavy atom. The van der Waals surface area contributed by atoms with Crippen LogP contribution < -0.4 is 4.74 Å². The Balaban J connectivity index is 1.73. The molecule has 5 atom stereocenters. The van der Waals surface area contributed by atoms with Crippen molar-refractivity contribution in [3.63, 3.8) is 0 Å². The van der Waals surface area contributed by atoms with Gasteiger partial charge in [0.1, 0.15) is 30.2 Å². The molecule has 0 spiro atoms. The van der Waals surface area contributed by atoms with E-state index in [0.717, 1.165) is 51.7 Å². The standard InChI is InChI=1S/C23H27BrO6/c1-28-14-8-6-12(7-9-14)10-13-11-17(15-4-3-5-16(15)18(13)24)22-20(26)19(25)21(27)23(29-2)30-22/h6-9,11,19-23,25-27H,3-5,10H2,1-2H3/t19-,20-,21+,22+,23-/m1/s1. The van der Waals surface area contributed by atoms with Crippen molar-refractivity contribution in [2.24, 2.45) is 0 Å². The molecule has 0 bridgehead atoms. The summed E-state index contributed by atoms with van der Waals surface area (Å²) in [6.45, 7) is 0. The highest BCUT2D eigenvalue weighted by molar-refractivity contribution is 9.10. The molecule has 162 valence electrons. The number of fused-ring (bicyclic) bond motifs is 1. The van der Waals surface area contributed by atoms with Crippen LogP contribution in [0.25, 0.3) is 0 Å². The van der Waals surface area contributed by atoms with Gasteiger partial charge in [0.15, 0.2) is 6.29 Å². The second-order valence-corrected chi connectivity index (χ2v) is 8.70. The Morgan fingerprint density at radius 2 is 1.70 bits per heavy atom. The van der Waals surface area contributed by atoms with E-state index in [1.165, 1.54) is 12.7 Å². The van der Waals surface area contributed by atoms with Gasteiger partial charge in [0.2, 0.25) is 0 Å². The average Bonchev–Trinajstić information content (AvgIpc) is 3.26. The number of rotatable bonds is 5. The fraction of sp³-hybridized carbons (Fsp3) is 0.478. The summed E-state index contributed by atoms with van der Waals surface area (Å²) in [6.07, 6.45) is -2.12. The van der Waals surface area contributed by atoms with Crippen LogP contribution in [0.5, 0.6) is 5.75 Å². The summed E-state index contributed by atoms with van der Waals surface area (Å²) in [6, 6.07) is 9.98. The smallest absolute Gasteiger partial charge is 0.186 e. The summed E-state index contributed by atoms with van der Waals surface area (Å²) < 4.78 is 17.4. The van der Waals surface area contributed by atoms with Gasteiger partial charge in [-0.15, -0.1) is 0 Å². The number of ether oxygens (including phenoxy) is 3. The Hall–Kier alpha value is -1.48. The van der Waals surface area contributed by atoms with Crippen molar-refractivity contribution in [1.29, 1.82) is 0 Å². The normalized spacial score (nSPS) is 28.4. The maximum atomic E-state index is 10.7. The zero-order valence-electron chi connectivity index (χ0n) is 17.0. The maximum Gasteiger partial charge on any atom is 0.186 e. The quantitative estimate of drug-likeness (QED) is 0.612. The highest BCUT2D eigenvalue weighted by Gasteiger charge is 2.45. The van der Waals surface area contributed by atoms with Crippen molar-refractivity contribution < 1.29 is 29.5 Å². The largest absolute Gasteiger partial charge is 0.497 e. The first kappa shape index (κ1) is 21.7. The van der Waals surface area contributed by atoms with Crippen LogP contribution in [0, 0.1) is 0 Å². The van der Waals surface area contributed by atoms with E-state index in [4.69, 9.17) is 14.2 Å². The van der Waals surface area contributed by atoms with Gasteiger partial charge in [-0.3, -0.25) is 0 Å². The molecule has 1 fully saturated rings. The van der Waals surface area contributed by atoms with E-state index < -0.39 is 30.7 Å². The van der Waals surface area contributed by atoms with Gasteiger partial charge in [-0.25, -0.2) is 0 Å². The predicted molar refractivity (Wildman–Crippen MR) is 115 cm³/mol. The lowest BCUT2D eigenvalue weighted by Crippen LogP contribution is -2.54. The number of hydrogen-bond acceptors (Lipinski definition) is 6. The van der Waals surface area contributed by atoms with E-state index >= 15 is 0 Å². The maximum absolute atomic E-state index is 10.7. The van der Waals surface area contributed by atoms with E-state index in [1.807, 2.05) is 30.3 Å². The summed E-state index contributed by atoms with van der Waals surface area (Å²) in [5.41, 5.74) is 5.44. The van der Waals surface area contributed by atoms with Gasteiger partial charge < -0.3 is 29.5 Å². The fourth-order valence-corrected chi connectivity index (χ4v) is 5.17. The topological polar surface area (TPSA) is 88.4 Å². The SMILES string of the molecule is COc1ccc(Cc2cc([C@@H]3O[C@@H](OC)[C@@H](O)[C@H](O)[C@H]3O)c3c(c2Br)CCC3)cc1. The van der Waals surface area contributed by atoms with Gasteiger partial charge in [0, 0.05) is 11.6 Å². The van der Waals surface area contributed by atoms with Gasteiger partial charge in [-0.2, -0.15) is 0 Å². The fourth-order valence-electron chi connectivity index (χ4n) is 4.48. The number of aliphatic hydroxyl groups excluding tert-OH is 3. The Kier molecular flexibility index (Phi) is 6.48. The molecule has 0 saturated carbocycles. The number of benzene rings is 2. The second kappa shape index (κ2) is 8.94. The van der Waals surface area contributed by atoms with E-state index in [9.17, 15) is 15.3 Å². The molecule has 2 aliphatic rings. The zero-order valence-corrected chi connectivity index (χ0v) is 18.6. The zero-order chi connectivity index (χ0) is 21.4. The first-order valence-electron chi connectivity index (χ1n) is 10.1. The summed E-state index contributed by atoms with van der Waals surface area (Å²) in [7, 11) is 3.06. The number of halogens is 1. The molecule has 0 radical (unpaired) electrons. The number of hydrogen-bond donors (Lipinski definition) is 3. The minimum Gasteiger partial charge on any atom is -0.497 e. The molecule has 2 aromatic carbocycles. The lowest BCUT2D eigenvalue weighted by molar-refractivity contribution is -0.292. The minimum atomic E-state index is -1.35. The van der Waals surface area contributed by atoms with Crippen LogP contribution in [-0.2, 0) is 28.7 Å². The van der Waals surface area contributed by atoms with Crippen LogP contribution in [0.1, 0.15) is 40.3 Å². The van der Waals surface area contributed by atoms with Crippen molar-refractivity contribution in [2.75, 3.05) is 14.2 Å². The molecule has 30 heavy (non-hydrogen) atoms. The van der Waals surface area contributed by atoms with Crippen molar-refractivity contribution in [3.05, 3.63) is 62.6 Å². The van der Waals surface area contributed by atoms with E-state index in [1.54, 1.807) is 7.11 Å². The molecule has 1 aliphatic carbocycles. The highest BCUT2D eigenvalue weighted by atomic mass is 79.9. The van der Waals surface area contributed by atoms with Gasteiger partial charge >= 0.3 is 0 Å². The monoisotopic (exact) mass is 478 g/mol. The van der Waals surface area contributed by atoms with Gasteiger partial charge in [-0.05, 0) is 65.6 Å². The number of methoxy groups -OCH3 is 2. The van der Waals surface area contributed by atoms with Crippen LogP contribution in [-0.4, -0.2) is 54.1 Å². The summed E-state index contributed by atoms with van der Waals surface area (Å²) >= 11 is 3.80. The molecule has 4 rings (SSSR count). The van der Waals surface area contributed by atoms with Crippen molar-refractivity contribution in [1.82, 2.24) is 0 Å². The minimum absolute atomic E-state index is 0.701. The highest BCUT2D eigenvalue weighted by Crippen LogP contribution is 2.42. The lowest BCUT2D eigenvalue weighted by Gasteiger charge is -2.40.